The molecule has 20 heavy (non-hydrogen) atoms. The lowest BCUT2D eigenvalue weighted by Gasteiger charge is -2.14. The van der Waals surface area contributed by atoms with Crippen LogP contribution in [-0.4, -0.2) is 30.9 Å². The van der Waals surface area contributed by atoms with Crippen molar-refractivity contribution in [1.29, 1.82) is 0 Å². The summed E-state index contributed by atoms with van der Waals surface area (Å²) in [6.07, 6.45) is 5.00. The van der Waals surface area contributed by atoms with E-state index in [0.29, 0.717) is 11.0 Å². The van der Waals surface area contributed by atoms with Crippen molar-refractivity contribution in [2.75, 3.05) is 5.32 Å². The number of nitrogens with zero attached hydrogens (tertiary/aromatic N) is 4. The van der Waals surface area contributed by atoms with Gasteiger partial charge in [-0.25, -0.2) is 14.6 Å². The molecule has 0 aromatic carbocycles. The van der Waals surface area contributed by atoms with Crippen LogP contribution < -0.4 is 5.32 Å². The fourth-order valence-corrected chi connectivity index (χ4v) is 2.34. The maximum absolute atomic E-state index is 12.2. The molecule has 2 aromatic heterocycles. The Morgan fingerprint density at radius 3 is 2.60 bits per heavy atom. The number of anilines is 1. The lowest BCUT2D eigenvalue weighted by molar-refractivity contribution is -0.115. The van der Waals surface area contributed by atoms with Crippen LogP contribution in [0.1, 0.15) is 26.8 Å². The monoisotopic (exact) mass is 291 g/mol. The molecule has 7 heteroatoms. The first-order valence-electron chi connectivity index (χ1n) is 6.36. The molecule has 0 unspecified atom stereocenters. The summed E-state index contributed by atoms with van der Waals surface area (Å²) in [4.78, 5) is 20.4. The number of thioether (sulfide) groups is 1. The molecule has 6 nitrogen and oxygen atoms in total. The lowest BCUT2D eigenvalue weighted by Crippen LogP contribution is -2.24. The maximum atomic E-state index is 12.2. The van der Waals surface area contributed by atoms with Crippen LogP contribution in [0.2, 0.25) is 0 Å². The molecule has 0 bridgehead atoms. The highest BCUT2D eigenvalue weighted by Gasteiger charge is 2.17. The van der Waals surface area contributed by atoms with Gasteiger partial charge >= 0.3 is 0 Å². The molecule has 1 atom stereocenters. The van der Waals surface area contributed by atoms with Crippen LogP contribution in [0.25, 0.3) is 0 Å². The second kappa shape index (κ2) is 6.51. The maximum Gasteiger partial charge on any atom is 0.238 e. The van der Waals surface area contributed by atoms with Crippen molar-refractivity contribution in [2.24, 2.45) is 0 Å². The molecule has 1 amide bonds. The second-order valence-corrected chi connectivity index (χ2v) is 5.84. The molecule has 0 aliphatic carbocycles. The Morgan fingerprint density at radius 2 is 1.95 bits per heavy atom. The van der Waals surface area contributed by atoms with Crippen molar-refractivity contribution in [3.05, 3.63) is 30.7 Å². The van der Waals surface area contributed by atoms with Gasteiger partial charge in [0.2, 0.25) is 5.91 Å². The number of amides is 1. The van der Waals surface area contributed by atoms with E-state index in [4.69, 9.17) is 0 Å². The Bertz CT molecular complexity index is 569. The molecule has 0 saturated heterocycles. The summed E-state index contributed by atoms with van der Waals surface area (Å²) in [5, 5.41) is 7.37. The van der Waals surface area contributed by atoms with Crippen LogP contribution in [0.4, 0.5) is 5.82 Å². The molecule has 0 saturated carbocycles. The van der Waals surface area contributed by atoms with Crippen LogP contribution >= 0.6 is 11.8 Å². The number of hydrogen-bond acceptors (Lipinski definition) is 5. The number of carbonyl (C=O) groups excluding carboxylic acids is 1. The fourth-order valence-electron chi connectivity index (χ4n) is 1.61. The highest BCUT2D eigenvalue weighted by Crippen LogP contribution is 2.20. The Labute approximate surface area is 122 Å². The number of rotatable bonds is 5. The van der Waals surface area contributed by atoms with Crippen LogP contribution in [-0.2, 0) is 4.79 Å². The number of nitrogens with one attached hydrogen (secondary N) is 1. The average Bonchev–Trinajstić information content (AvgIpc) is 2.88. The molecule has 2 rings (SSSR count). The van der Waals surface area contributed by atoms with E-state index in [1.807, 2.05) is 20.8 Å². The molecule has 0 aliphatic heterocycles. The molecule has 0 aliphatic rings. The third-order valence-corrected chi connectivity index (χ3v) is 3.59. The molecular formula is C13H17N5OS. The first kappa shape index (κ1) is 14.5. The minimum absolute atomic E-state index is 0.0927. The van der Waals surface area contributed by atoms with Gasteiger partial charge in [0.1, 0.15) is 5.82 Å². The summed E-state index contributed by atoms with van der Waals surface area (Å²) in [6.45, 7) is 5.85. The normalized spacial score (nSPS) is 12.4. The van der Waals surface area contributed by atoms with Gasteiger partial charge in [-0.15, -0.1) is 0 Å². The molecule has 106 valence electrons. The number of aromatic nitrogens is 4. The van der Waals surface area contributed by atoms with Gasteiger partial charge in [0.05, 0.1) is 11.4 Å². The zero-order valence-corrected chi connectivity index (χ0v) is 12.5. The highest BCUT2D eigenvalue weighted by molar-refractivity contribution is 8.00. The minimum atomic E-state index is -0.284. The van der Waals surface area contributed by atoms with Crippen molar-refractivity contribution in [3.8, 4) is 0 Å². The van der Waals surface area contributed by atoms with Crippen molar-refractivity contribution in [1.82, 2.24) is 19.7 Å². The number of hydrogen-bond donors (Lipinski definition) is 1. The van der Waals surface area contributed by atoms with Gasteiger partial charge in [-0.05, 0) is 26.8 Å². The Morgan fingerprint density at radius 1 is 1.25 bits per heavy atom. The summed E-state index contributed by atoms with van der Waals surface area (Å²) in [6, 6.07) is 3.73. The summed E-state index contributed by atoms with van der Waals surface area (Å²) in [5.41, 5.74) is 0. The zero-order valence-electron chi connectivity index (χ0n) is 11.6. The molecule has 0 spiro atoms. The Kier molecular flexibility index (Phi) is 4.73. The predicted octanol–water partition coefficient (Wildman–Crippen LogP) is 2.37. The first-order valence-corrected chi connectivity index (χ1v) is 7.24. The Balaban J connectivity index is 1.99. The summed E-state index contributed by atoms with van der Waals surface area (Å²) >= 11 is 1.32. The summed E-state index contributed by atoms with van der Waals surface area (Å²) < 4.78 is 1.77. The molecule has 1 N–H and O–H groups in total. The van der Waals surface area contributed by atoms with Gasteiger partial charge < -0.3 is 5.32 Å². The van der Waals surface area contributed by atoms with Crippen molar-refractivity contribution in [2.45, 2.75) is 37.2 Å². The van der Waals surface area contributed by atoms with Crippen molar-refractivity contribution < 1.29 is 4.79 Å². The molecule has 2 heterocycles. The zero-order chi connectivity index (χ0) is 14.5. The smallest absolute Gasteiger partial charge is 0.238 e. The van der Waals surface area contributed by atoms with Crippen LogP contribution in [0.5, 0.6) is 0 Å². The van der Waals surface area contributed by atoms with Gasteiger partial charge in [0.15, 0.2) is 5.16 Å². The van der Waals surface area contributed by atoms with Gasteiger partial charge in [0.25, 0.3) is 0 Å². The van der Waals surface area contributed by atoms with Gasteiger partial charge in [-0.1, -0.05) is 11.8 Å². The van der Waals surface area contributed by atoms with E-state index in [9.17, 15) is 4.79 Å². The van der Waals surface area contributed by atoms with E-state index < -0.39 is 0 Å². The molecule has 2 aromatic rings. The van der Waals surface area contributed by atoms with Crippen molar-refractivity contribution >= 4 is 23.5 Å². The SMILES string of the molecule is CC(C)n1nccc1NC(=O)[C@@H](C)Sc1ncccn1. The van der Waals surface area contributed by atoms with E-state index in [2.05, 4.69) is 20.4 Å². The third kappa shape index (κ3) is 3.57. The molecule has 0 fully saturated rings. The summed E-state index contributed by atoms with van der Waals surface area (Å²) in [5.74, 6) is 0.608. The first-order chi connectivity index (χ1) is 9.58. The lowest BCUT2D eigenvalue weighted by atomic mass is 10.4. The van der Waals surface area contributed by atoms with E-state index in [-0.39, 0.29) is 17.2 Å². The van der Waals surface area contributed by atoms with E-state index >= 15 is 0 Å². The van der Waals surface area contributed by atoms with Crippen LogP contribution in [0, 0.1) is 0 Å². The predicted molar refractivity (Wildman–Crippen MR) is 78.6 cm³/mol. The topological polar surface area (TPSA) is 72.7 Å². The largest absolute Gasteiger partial charge is 0.310 e. The Hall–Kier alpha value is -1.89. The highest BCUT2D eigenvalue weighted by atomic mass is 32.2. The minimum Gasteiger partial charge on any atom is -0.310 e. The van der Waals surface area contributed by atoms with Gasteiger partial charge in [-0.2, -0.15) is 5.10 Å². The van der Waals surface area contributed by atoms with Gasteiger partial charge in [0, 0.05) is 24.5 Å². The number of carbonyl (C=O) groups is 1. The van der Waals surface area contributed by atoms with E-state index in [0.717, 1.165) is 0 Å². The van der Waals surface area contributed by atoms with E-state index in [1.165, 1.54) is 11.8 Å². The average molecular weight is 291 g/mol. The van der Waals surface area contributed by atoms with Crippen molar-refractivity contribution in [3.63, 3.8) is 0 Å². The molecule has 0 radical (unpaired) electrons. The van der Waals surface area contributed by atoms with Gasteiger partial charge in [-0.3, -0.25) is 4.79 Å². The fraction of sp³-hybridized carbons (Fsp3) is 0.385. The standard InChI is InChI=1S/C13H17N5OS/c1-9(2)18-11(5-8-16-18)17-12(19)10(3)20-13-14-6-4-7-15-13/h4-10H,1-3H3,(H,17,19)/t10-/m1/s1. The van der Waals surface area contributed by atoms with E-state index in [1.54, 1.807) is 35.4 Å². The second-order valence-electron chi connectivity index (χ2n) is 4.54. The molecular weight excluding hydrogens is 274 g/mol. The summed E-state index contributed by atoms with van der Waals surface area (Å²) in [7, 11) is 0. The van der Waals surface area contributed by atoms with Crippen LogP contribution in [0.3, 0.4) is 0 Å². The quantitative estimate of drug-likeness (QED) is 0.676. The van der Waals surface area contributed by atoms with Crippen LogP contribution in [0.15, 0.2) is 35.9 Å². The third-order valence-electron chi connectivity index (χ3n) is 2.60.